The predicted molar refractivity (Wildman–Crippen MR) is 73.3 cm³/mol. The number of piperidine rings is 1. The Balaban J connectivity index is 1.68. The molecule has 1 unspecified atom stereocenters. The minimum absolute atomic E-state index is 0.139. The predicted octanol–water partition coefficient (Wildman–Crippen LogP) is 0.693. The lowest BCUT2D eigenvalue weighted by atomic mass is 10.0. The van der Waals surface area contributed by atoms with Crippen molar-refractivity contribution in [3.8, 4) is 11.5 Å². The summed E-state index contributed by atoms with van der Waals surface area (Å²) < 4.78 is 37.5. The number of rotatable bonds is 4. The minimum atomic E-state index is -3.49. The van der Waals surface area contributed by atoms with Crippen molar-refractivity contribution in [1.82, 2.24) is 10.0 Å². The third kappa shape index (κ3) is 2.89. The first kappa shape index (κ1) is 13.7. The van der Waals surface area contributed by atoms with Gasteiger partial charge in [0.25, 0.3) is 0 Å². The standard InChI is InChI=1S/C13H18N2O4S/c16-20(17,15-8-10-2-1-5-14-7-10)11-3-4-12-13(6-11)19-9-18-12/h3-4,6,10,14-15H,1-2,5,7-9H2. The lowest BCUT2D eigenvalue weighted by Gasteiger charge is -2.22. The summed E-state index contributed by atoms with van der Waals surface area (Å²) in [6, 6.07) is 4.66. The lowest BCUT2D eigenvalue weighted by Crippen LogP contribution is -2.38. The molecule has 0 radical (unpaired) electrons. The zero-order chi connectivity index (χ0) is 14.0. The maximum absolute atomic E-state index is 12.2. The van der Waals surface area contributed by atoms with Gasteiger partial charge in [0.15, 0.2) is 11.5 Å². The summed E-state index contributed by atoms with van der Waals surface area (Å²) in [6.07, 6.45) is 2.15. The van der Waals surface area contributed by atoms with E-state index in [2.05, 4.69) is 10.0 Å². The summed E-state index contributed by atoms with van der Waals surface area (Å²) in [7, 11) is -3.49. The molecule has 0 amide bonds. The third-order valence-electron chi connectivity index (χ3n) is 3.62. The number of hydrogen-bond donors (Lipinski definition) is 2. The molecule has 7 heteroatoms. The number of fused-ring (bicyclic) bond motifs is 1. The summed E-state index contributed by atoms with van der Waals surface area (Å²) in [5.41, 5.74) is 0. The fourth-order valence-corrected chi connectivity index (χ4v) is 3.58. The average Bonchev–Trinajstić information content (AvgIpc) is 2.94. The largest absolute Gasteiger partial charge is 0.454 e. The molecule has 20 heavy (non-hydrogen) atoms. The summed E-state index contributed by atoms with van der Waals surface area (Å²) in [5.74, 6) is 1.42. The Morgan fingerprint density at radius 1 is 1.30 bits per heavy atom. The van der Waals surface area contributed by atoms with E-state index in [0.717, 1.165) is 25.9 Å². The van der Waals surface area contributed by atoms with Crippen molar-refractivity contribution in [1.29, 1.82) is 0 Å². The number of hydrogen-bond acceptors (Lipinski definition) is 5. The van der Waals surface area contributed by atoms with Crippen LogP contribution in [0.15, 0.2) is 23.1 Å². The first-order valence-corrected chi connectivity index (χ1v) is 8.23. The summed E-state index contributed by atoms with van der Waals surface area (Å²) >= 11 is 0. The Morgan fingerprint density at radius 2 is 2.15 bits per heavy atom. The molecule has 0 saturated carbocycles. The zero-order valence-electron chi connectivity index (χ0n) is 11.1. The molecule has 1 fully saturated rings. The van der Waals surface area contributed by atoms with E-state index in [9.17, 15) is 8.42 Å². The quantitative estimate of drug-likeness (QED) is 0.855. The highest BCUT2D eigenvalue weighted by molar-refractivity contribution is 7.89. The summed E-state index contributed by atoms with van der Waals surface area (Å²) in [4.78, 5) is 0.213. The van der Waals surface area contributed by atoms with E-state index >= 15 is 0 Å². The van der Waals surface area contributed by atoms with Gasteiger partial charge < -0.3 is 14.8 Å². The molecule has 110 valence electrons. The van der Waals surface area contributed by atoms with Crippen molar-refractivity contribution < 1.29 is 17.9 Å². The van der Waals surface area contributed by atoms with Crippen LogP contribution in [0.1, 0.15) is 12.8 Å². The molecule has 0 spiro atoms. The molecule has 0 aliphatic carbocycles. The van der Waals surface area contributed by atoms with E-state index < -0.39 is 10.0 Å². The van der Waals surface area contributed by atoms with E-state index in [1.165, 1.54) is 12.1 Å². The second-order valence-corrected chi connectivity index (χ2v) is 6.85. The van der Waals surface area contributed by atoms with Gasteiger partial charge in [-0.15, -0.1) is 0 Å². The highest BCUT2D eigenvalue weighted by Crippen LogP contribution is 2.33. The molecule has 1 aromatic rings. The molecule has 2 aliphatic rings. The molecule has 2 aliphatic heterocycles. The summed E-state index contributed by atoms with van der Waals surface area (Å²) in [5, 5.41) is 3.27. The highest BCUT2D eigenvalue weighted by atomic mass is 32.2. The van der Waals surface area contributed by atoms with E-state index in [4.69, 9.17) is 9.47 Å². The first-order valence-electron chi connectivity index (χ1n) is 6.75. The van der Waals surface area contributed by atoms with Crippen molar-refractivity contribution in [2.75, 3.05) is 26.4 Å². The SMILES string of the molecule is O=S(=O)(NCC1CCCNC1)c1ccc2c(c1)OCO2. The topological polar surface area (TPSA) is 76.7 Å². The van der Waals surface area contributed by atoms with Crippen LogP contribution in [0.4, 0.5) is 0 Å². The highest BCUT2D eigenvalue weighted by Gasteiger charge is 2.22. The van der Waals surface area contributed by atoms with Crippen LogP contribution in [0.25, 0.3) is 0 Å². The average molecular weight is 298 g/mol. The molecule has 0 bridgehead atoms. The smallest absolute Gasteiger partial charge is 0.240 e. The fraction of sp³-hybridized carbons (Fsp3) is 0.538. The lowest BCUT2D eigenvalue weighted by molar-refractivity contribution is 0.174. The normalized spacial score (nSPS) is 21.9. The molecule has 1 saturated heterocycles. The maximum Gasteiger partial charge on any atom is 0.240 e. The van der Waals surface area contributed by atoms with Crippen LogP contribution in [0.2, 0.25) is 0 Å². The Kier molecular flexibility index (Phi) is 3.82. The molecule has 2 heterocycles. The Labute approximate surface area is 118 Å². The van der Waals surface area contributed by atoms with Gasteiger partial charge in [-0.25, -0.2) is 13.1 Å². The van der Waals surface area contributed by atoms with E-state index in [1.54, 1.807) is 6.07 Å². The Hall–Kier alpha value is -1.31. The zero-order valence-corrected chi connectivity index (χ0v) is 11.9. The van der Waals surface area contributed by atoms with Crippen LogP contribution in [-0.4, -0.2) is 34.8 Å². The van der Waals surface area contributed by atoms with Crippen LogP contribution in [0.5, 0.6) is 11.5 Å². The van der Waals surface area contributed by atoms with Crippen LogP contribution in [-0.2, 0) is 10.0 Å². The summed E-state index contributed by atoms with van der Waals surface area (Å²) in [6.45, 7) is 2.48. The monoisotopic (exact) mass is 298 g/mol. The minimum Gasteiger partial charge on any atom is -0.454 e. The van der Waals surface area contributed by atoms with E-state index in [0.29, 0.717) is 24.0 Å². The molecule has 6 nitrogen and oxygen atoms in total. The number of sulfonamides is 1. The molecular weight excluding hydrogens is 280 g/mol. The Morgan fingerprint density at radius 3 is 2.95 bits per heavy atom. The number of benzene rings is 1. The molecular formula is C13H18N2O4S. The van der Waals surface area contributed by atoms with Crippen LogP contribution >= 0.6 is 0 Å². The van der Waals surface area contributed by atoms with Crippen molar-refractivity contribution in [3.05, 3.63) is 18.2 Å². The van der Waals surface area contributed by atoms with Crippen molar-refractivity contribution in [2.45, 2.75) is 17.7 Å². The van der Waals surface area contributed by atoms with Crippen LogP contribution in [0, 0.1) is 5.92 Å². The van der Waals surface area contributed by atoms with Gasteiger partial charge >= 0.3 is 0 Å². The van der Waals surface area contributed by atoms with Gasteiger partial charge in [-0.05, 0) is 44.0 Å². The maximum atomic E-state index is 12.2. The Bertz CT molecular complexity index is 582. The molecule has 1 atom stereocenters. The third-order valence-corrected chi connectivity index (χ3v) is 5.04. The van der Waals surface area contributed by atoms with Gasteiger partial charge in [0.05, 0.1) is 4.90 Å². The van der Waals surface area contributed by atoms with Gasteiger partial charge in [-0.3, -0.25) is 0 Å². The molecule has 2 N–H and O–H groups in total. The van der Waals surface area contributed by atoms with Gasteiger partial charge in [-0.2, -0.15) is 0 Å². The van der Waals surface area contributed by atoms with Crippen LogP contribution < -0.4 is 19.5 Å². The van der Waals surface area contributed by atoms with Crippen LogP contribution in [0.3, 0.4) is 0 Å². The van der Waals surface area contributed by atoms with E-state index in [-0.39, 0.29) is 11.7 Å². The van der Waals surface area contributed by atoms with Gasteiger partial charge in [0.2, 0.25) is 16.8 Å². The van der Waals surface area contributed by atoms with Gasteiger partial charge in [0, 0.05) is 12.6 Å². The van der Waals surface area contributed by atoms with Gasteiger partial charge in [-0.1, -0.05) is 0 Å². The van der Waals surface area contributed by atoms with Crippen molar-refractivity contribution >= 4 is 10.0 Å². The molecule has 3 rings (SSSR count). The second-order valence-electron chi connectivity index (χ2n) is 5.08. The molecule has 0 aromatic heterocycles. The second kappa shape index (κ2) is 5.59. The number of ether oxygens (including phenoxy) is 2. The van der Waals surface area contributed by atoms with Crippen molar-refractivity contribution in [2.24, 2.45) is 5.92 Å². The molecule has 1 aromatic carbocycles. The number of nitrogens with one attached hydrogen (secondary N) is 2. The fourth-order valence-electron chi connectivity index (χ4n) is 2.45. The van der Waals surface area contributed by atoms with Gasteiger partial charge in [0.1, 0.15) is 0 Å². The van der Waals surface area contributed by atoms with E-state index in [1.807, 2.05) is 0 Å². The van der Waals surface area contributed by atoms with Crippen molar-refractivity contribution in [3.63, 3.8) is 0 Å². The first-order chi connectivity index (χ1) is 9.65.